The molecule has 0 radical (unpaired) electrons. The van der Waals surface area contributed by atoms with Crippen molar-refractivity contribution in [2.24, 2.45) is 5.92 Å². The number of ketones is 1. The van der Waals surface area contributed by atoms with Crippen molar-refractivity contribution in [3.63, 3.8) is 0 Å². The molecular weight excluding hydrogens is 408 g/mol. The van der Waals surface area contributed by atoms with Gasteiger partial charge in [0.2, 0.25) is 5.78 Å². The Hall–Kier alpha value is -3.16. The topological polar surface area (TPSA) is 74.0 Å². The first kappa shape index (κ1) is 20.7. The molecule has 2 aliphatic heterocycles. The molecule has 1 spiro atoms. The minimum atomic E-state index is -1.20. The van der Waals surface area contributed by atoms with Gasteiger partial charge in [-0.05, 0) is 23.2 Å². The fourth-order valence-corrected chi connectivity index (χ4v) is 5.28. The van der Waals surface area contributed by atoms with Crippen LogP contribution in [-0.2, 0) is 16.1 Å². The molecule has 3 heterocycles. The summed E-state index contributed by atoms with van der Waals surface area (Å²) in [5, 5.41) is 4.16. The molecule has 5 rings (SSSR count). The lowest BCUT2D eigenvalue weighted by Crippen LogP contribution is -2.54. The Bertz CT molecular complexity index is 1070. The van der Waals surface area contributed by atoms with Crippen LogP contribution in [0.1, 0.15) is 34.1 Å². The van der Waals surface area contributed by atoms with Gasteiger partial charge in [0.1, 0.15) is 17.9 Å². The Morgan fingerprint density at radius 2 is 2.00 bits per heavy atom. The molecule has 1 aromatic heterocycles. The number of benzene rings is 1. The van der Waals surface area contributed by atoms with E-state index < -0.39 is 5.60 Å². The summed E-state index contributed by atoms with van der Waals surface area (Å²) in [6, 6.07) is 9.46. The maximum absolute atomic E-state index is 13.9. The Morgan fingerprint density at radius 1 is 1.25 bits per heavy atom. The van der Waals surface area contributed by atoms with Crippen molar-refractivity contribution in [1.29, 1.82) is 0 Å². The lowest BCUT2D eigenvalue weighted by Gasteiger charge is -2.43. The third-order valence-corrected chi connectivity index (χ3v) is 6.51. The van der Waals surface area contributed by atoms with Crippen molar-refractivity contribution in [3.05, 3.63) is 84.4 Å². The van der Waals surface area contributed by atoms with Gasteiger partial charge in [0.25, 0.3) is 5.88 Å². The summed E-state index contributed by atoms with van der Waals surface area (Å²) >= 11 is 0. The molecule has 2 aromatic rings. The molecule has 0 N–H and O–H groups in total. The highest BCUT2D eigenvalue weighted by Gasteiger charge is 2.68. The zero-order chi connectivity index (χ0) is 22.3. The molecular formula is C25H26N2O5. The quantitative estimate of drug-likeness (QED) is 0.555. The molecule has 1 saturated heterocycles. The van der Waals surface area contributed by atoms with Gasteiger partial charge in [0.05, 0.1) is 19.3 Å². The predicted octanol–water partition coefficient (Wildman–Crippen LogP) is 3.85. The first-order chi connectivity index (χ1) is 15.6. The molecule has 1 fully saturated rings. The zero-order valence-electron chi connectivity index (χ0n) is 18.0. The number of nitrogens with zero attached hydrogens (tertiary/aromatic N) is 2. The van der Waals surface area contributed by atoms with Gasteiger partial charge in [-0.1, -0.05) is 42.5 Å². The Morgan fingerprint density at radius 3 is 2.69 bits per heavy atom. The fourth-order valence-electron chi connectivity index (χ4n) is 5.28. The first-order valence-electron chi connectivity index (χ1n) is 10.7. The van der Waals surface area contributed by atoms with Crippen LogP contribution in [0.15, 0.2) is 72.0 Å². The fraction of sp³-hybridized carbons (Fsp3) is 0.360. The summed E-state index contributed by atoms with van der Waals surface area (Å²) in [7, 11) is 1.57. The number of rotatable bonds is 9. The molecule has 3 aliphatic rings. The first-order valence-corrected chi connectivity index (χ1v) is 10.7. The van der Waals surface area contributed by atoms with Gasteiger partial charge in [0.15, 0.2) is 11.4 Å². The van der Waals surface area contributed by atoms with Crippen molar-refractivity contribution in [3.8, 4) is 5.88 Å². The molecule has 7 heteroatoms. The van der Waals surface area contributed by atoms with Crippen LogP contribution in [0.25, 0.3) is 0 Å². The summed E-state index contributed by atoms with van der Waals surface area (Å²) in [6.45, 7) is 9.25. The summed E-state index contributed by atoms with van der Waals surface area (Å²) in [5.41, 5.74) is 0.0926. The van der Waals surface area contributed by atoms with Crippen molar-refractivity contribution >= 4 is 5.78 Å². The summed E-state index contributed by atoms with van der Waals surface area (Å²) in [4.78, 5) is 16.1. The molecule has 32 heavy (non-hydrogen) atoms. The maximum atomic E-state index is 13.9. The molecule has 0 amide bonds. The number of hydrogen-bond acceptors (Lipinski definition) is 7. The van der Waals surface area contributed by atoms with E-state index >= 15 is 0 Å². The van der Waals surface area contributed by atoms with E-state index in [9.17, 15) is 4.79 Å². The number of ether oxygens (including phenoxy) is 3. The third-order valence-electron chi connectivity index (χ3n) is 6.51. The number of hydrogen-bond donors (Lipinski definition) is 0. The lowest BCUT2D eigenvalue weighted by molar-refractivity contribution is -0.0340. The zero-order valence-corrected chi connectivity index (χ0v) is 18.0. The number of Topliss-reactive ketones (excluding diaryl/α,β-unsaturated/α-hetero) is 1. The average Bonchev–Trinajstić information content (AvgIpc) is 3.50. The van der Waals surface area contributed by atoms with Crippen LogP contribution in [0.4, 0.5) is 0 Å². The standard InChI is InChI=1S/C25H26N2O5/c1-4-11-27(12-5-2)21-18-13-17-14-19(29-3)25(18,31-17)23(28)20-22(21)32-26-24(20)30-15-16-9-7-6-8-10-16/h4-10,14,17-18,21H,1-2,11-13,15H2,3H3/t17-,18?,21-,25+/m0/s1. The lowest BCUT2D eigenvalue weighted by atomic mass is 9.67. The second-order valence-electron chi connectivity index (χ2n) is 8.28. The average molecular weight is 434 g/mol. The van der Waals surface area contributed by atoms with E-state index in [1.54, 1.807) is 7.11 Å². The van der Waals surface area contributed by atoms with Gasteiger partial charge >= 0.3 is 0 Å². The minimum Gasteiger partial charge on any atom is -0.498 e. The van der Waals surface area contributed by atoms with Crippen LogP contribution in [0.3, 0.4) is 0 Å². The Labute approximate surface area is 186 Å². The van der Waals surface area contributed by atoms with E-state index in [0.29, 0.717) is 36.6 Å². The summed E-state index contributed by atoms with van der Waals surface area (Å²) in [6.07, 6.45) is 6.07. The van der Waals surface area contributed by atoms with Crippen molar-refractivity contribution in [2.75, 3.05) is 20.2 Å². The maximum Gasteiger partial charge on any atom is 0.265 e. The second kappa shape index (κ2) is 8.07. The number of aromatic nitrogens is 1. The second-order valence-corrected chi connectivity index (χ2v) is 8.28. The largest absolute Gasteiger partial charge is 0.498 e. The highest BCUT2D eigenvalue weighted by atomic mass is 16.6. The van der Waals surface area contributed by atoms with E-state index in [4.69, 9.17) is 18.7 Å². The van der Waals surface area contributed by atoms with Gasteiger partial charge in [-0.2, -0.15) is 0 Å². The number of methoxy groups -OCH3 is 1. The molecule has 4 atom stereocenters. The van der Waals surface area contributed by atoms with Crippen LogP contribution in [0.2, 0.25) is 0 Å². The monoisotopic (exact) mass is 434 g/mol. The summed E-state index contributed by atoms with van der Waals surface area (Å²) in [5.74, 6) is 0.833. The molecule has 1 aliphatic carbocycles. The van der Waals surface area contributed by atoms with E-state index in [0.717, 1.165) is 5.56 Å². The van der Waals surface area contributed by atoms with E-state index in [2.05, 4.69) is 23.2 Å². The highest BCUT2D eigenvalue weighted by molar-refractivity contribution is 6.09. The van der Waals surface area contributed by atoms with Crippen molar-refractivity contribution in [2.45, 2.75) is 30.8 Å². The molecule has 2 bridgehead atoms. The van der Waals surface area contributed by atoms with Gasteiger partial charge in [-0.15, -0.1) is 13.2 Å². The van der Waals surface area contributed by atoms with Crippen LogP contribution < -0.4 is 4.74 Å². The smallest absolute Gasteiger partial charge is 0.265 e. The Kier molecular flexibility index (Phi) is 5.23. The highest BCUT2D eigenvalue weighted by Crippen LogP contribution is 2.59. The molecule has 7 nitrogen and oxygen atoms in total. The van der Waals surface area contributed by atoms with Crippen molar-refractivity contribution < 1.29 is 23.5 Å². The van der Waals surface area contributed by atoms with Crippen LogP contribution in [-0.4, -0.2) is 47.7 Å². The van der Waals surface area contributed by atoms with Gasteiger partial charge in [-0.25, -0.2) is 0 Å². The van der Waals surface area contributed by atoms with E-state index in [1.807, 2.05) is 48.6 Å². The van der Waals surface area contributed by atoms with E-state index in [-0.39, 0.29) is 36.3 Å². The van der Waals surface area contributed by atoms with Gasteiger partial charge in [-0.3, -0.25) is 9.69 Å². The summed E-state index contributed by atoms with van der Waals surface area (Å²) < 4.78 is 23.7. The molecule has 1 aromatic carbocycles. The predicted molar refractivity (Wildman–Crippen MR) is 117 cm³/mol. The molecule has 166 valence electrons. The van der Waals surface area contributed by atoms with Crippen molar-refractivity contribution in [1.82, 2.24) is 10.1 Å². The number of carbonyl (C=O) groups is 1. The molecule has 0 saturated carbocycles. The normalized spacial score (nSPS) is 27.6. The SMILES string of the molecule is C=CCN(CC=C)[C@@H]1c2onc(OCc3ccccc3)c2C(=O)[C@]23O[C@H](C=C2OC)CC13. The van der Waals surface area contributed by atoms with Crippen LogP contribution in [0.5, 0.6) is 5.88 Å². The van der Waals surface area contributed by atoms with Gasteiger partial charge in [0, 0.05) is 19.0 Å². The minimum absolute atomic E-state index is 0.178. The molecule has 1 unspecified atom stereocenters. The van der Waals surface area contributed by atoms with E-state index in [1.165, 1.54) is 0 Å². The number of fused-ring (bicyclic) bond motifs is 2. The number of carbonyl (C=O) groups excluding carboxylic acids is 1. The van der Waals surface area contributed by atoms with Crippen LogP contribution in [0, 0.1) is 5.92 Å². The Balaban J connectivity index is 1.59. The van der Waals surface area contributed by atoms with Gasteiger partial charge < -0.3 is 18.7 Å². The third kappa shape index (κ3) is 2.96. The van der Waals surface area contributed by atoms with Crippen LogP contribution >= 0.6 is 0 Å².